The van der Waals surface area contributed by atoms with E-state index in [0.29, 0.717) is 6.42 Å². The van der Waals surface area contributed by atoms with E-state index in [0.717, 1.165) is 22.7 Å². The topological polar surface area (TPSA) is 71.2 Å². The number of fused-ring (bicyclic) bond motifs is 1. The normalized spacial score (nSPS) is 32.8. The number of ether oxygens (including phenoxy) is 1. The van der Waals surface area contributed by atoms with Gasteiger partial charge < -0.3 is 9.84 Å². The van der Waals surface area contributed by atoms with Crippen LogP contribution in [0.1, 0.15) is 38.7 Å². The number of benzene rings is 1. The number of methoxy groups -OCH3 is 1. The van der Waals surface area contributed by atoms with Crippen LogP contribution in [-0.2, 0) is 4.79 Å². The highest BCUT2D eigenvalue weighted by atomic mass is 16.5. The molecule has 0 saturated heterocycles. The zero-order valence-corrected chi connectivity index (χ0v) is 13.9. The third-order valence-electron chi connectivity index (χ3n) is 5.01. The monoisotopic (exact) mass is 314 g/mol. The molecule has 1 N–H and O–H groups in total. The molecule has 1 aliphatic carbocycles. The highest BCUT2D eigenvalue weighted by Crippen LogP contribution is 2.48. The van der Waals surface area contributed by atoms with Crippen molar-refractivity contribution in [3.8, 4) is 5.75 Å². The van der Waals surface area contributed by atoms with Crippen LogP contribution in [0.5, 0.6) is 5.75 Å². The van der Waals surface area contributed by atoms with Crippen LogP contribution in [0.25, 0.3) is 0 Å². The Morgan fingerprint density at radius 2 is 1.96 bits per heavy atom. The number of nitrogens with zero attached hydrogens (tertiary/aromatic N) is 2. The lowest BCUT2D eigenvalue weighted by molar-refractivity contribution is -0.131. The van der Waals surface area contributed by atoms with E-state index in [9.17, 15) is 9.90 Å². The van der Waals surface area contributed by atoms with Gasteiger partial charge in [-0.15, -0.1) is 0 Å². The van der Waals surface area contributed by atoms with Crippen LogP contribution >= 0.6 is 0 Å². The average molecular weight is 314 g/mol. The van der Waals surface area contributed by atoms with Crippen molar-refractivity contribution in [3.05, 3.63) is 29.8 Å². The van der Waals surface area contributed by atoms with Crippen molar-refractivity contribution in [2.45, 2.75) is 38.7 Å². The summed E-state index contributed by atoms with van der Waals surface area (Å²) in [4.78, 5) is 12.4. The van der Waals surface area contributed by atoms with Crippen LogP contribution < -0.4 is 4.74 Å². The quantitative estimate of drug-likeness (QED) is 0.932. The molecule has 4 atom stereocenters. The first-order valence-electron chi connectivity index (χ1n) is 7.83. The molecule has 0 amide bonds. The van der Waals surface area contributed by atoms with Crippen molar-refractivity contribution in [3.63, 3.8) is 0 Å². The summed E-state index contributed by atoms with van der Waals surface area (Å²) in [7, 11) is 1.62. The Bertz CT molecular complexity index is 689. The smallest absolute Gasteiger partial charge is 0.136 e. The Labute approximate surface area is 136 Å². The lowest BCUT2D eigenvalue weighted by Crippen LogP contribution is -2.53. The maximum absolute atomic E-state index is 12.4. The third kappa shape index (κ3) is 2.59. The average Bonchev–Trinajstić information content (AvgIpc) is 2.85. The standard InChI is InChI=1S/C18H22N2O3/c1-10-15-14(20-19-10)9-18(3,22)17(11(2)21)16(15)12-5-7-13(23-4)8-6-12/h5-8,15-17,22H,9H2,1-4H3/t15-,16-,17+,18+/m1/s1. The number of aliphatic hydroxyl groups is 1. The van der Waals surface area contributed by atoms with Gasteiger partial charge in [-0.1, -0.05) is 12.1 Å². The molecule has 3 rings (SSSR count). The molecular formula is C18H22N2O3. The highest BCUT2D eigenvalue weighted by Gasteiger charge is 2.53. The van der Waals surface area contributed by atoms with Crippen molar-refractivity contribution < 1.29 is 14.6 Å². The predicted octanol–water partition coefficient (Wildman–Crippen LogP) is 2.59. The van der Waals surface area contributed by atoms with Gasteiger partial charge in [0.05, 0.1) is 24.3 Å². The number of carbonyl (C=O) groups is 1. The number of hydrogen-bond donors (Lipinski definition) is 1. The zero-order chi connectivity index (χ0) is 16.8. The summed E-state index contributed by atoms with van der Waals surface area (Å²) >= 11 is 0. The van der Waals surface area contributed by atoms with Crippen molar-refractivity contribution in [2.24, 2.45) is 22.0 Å². The molecule has 1 heterocycles. The maximum Gasteiger partial charge on any atom is 0.136 e. The van der Waals surface area contributed by atoms with Gasteiger partial charge in [-0.2, -0.15) is 10.2 Å². The van der Waals surface area contributed by atoms with Gasteiger partial charge in [-0.05, 0) is 38.5 Å². The number of Topliss-reactive ketones (excluding diaryl/α,β-unsaturated/α-hetero) is 1. The maximum atomic E-state index is 12.4. The molecule has 122 valence electrons. The van der Waals surface area contributed by atoms with Crippen LogP contribution in [0.4, 0.5) is 0 Å². The molecule has 1 aromatic carbocycles. The molecule has 0 radical (unpaired) electrons. The molecule has 0 spiro atoms. The Kier molecular flexibility index (Phi) is 3.84. The fraction of sp³-hybridized carbons (Fsp3) is 0.500. The molecule has 0 unspecified atom stereocenters. The highest BCUT2D eigenvalue weighted by molar-refractivity contribution is 6.12. The number of ketones is 1. The van der Waals surface area contributed by atoms with Gasteiger partial charge in [-0.3, -0.25) is 4.79 Å². The fourth-order valence-electron chi connectivity index (χ4n) is 4.08. The first kappa shape index (κ1) is 15.9. The van der Waals surface area contributed by atoms with Crippen LogP contribution in [0, 0.1) is 11.8 Å². The van der Waals surface area contributed by atoms with E-state index in [1.807, 2.05) is 31.2 Å². The van der Waals surface area contributed by atoms with Crippen LogP contribution in [-0.4, -0.2) is 35.0 Å². The summed E-state index contributed by atoms with van der Waals surface area (Å²) in [5, 5.41) is 19.3. The molecule has 1 fully saturated rings. The molecule has 2 aliphatic rings. The van der Waals surface area contributed by atoms with Crippen molar-refractivity contribution in [1.82, 2.24) is 0 Å². The molecule has 0 aromatic heterocycles. The van der Waals surface area contributed by atoms with E-state index >= 15 is 0 Å². The molecular weight excluding hydrogens is 292 g/mol. The Morgan fingerprint density at radius 1 is 1.30 bits per heavy atom. The summed E-state index contributed by atoms with van der Waals surface area (Å²) in [5.74, 6) is 0.101. The van der Waals surface area contributed by atoms with E-state index in [4.69, 9.17) is 4.74 Å². The van der Waals surface area contributed by atoms with Gasteiger partial charge in [0.25, 0.3) is 0 Å². The fourth-order valence-corrected chi connectivity index (χ4v) is 4.08. The minimum absolute atomic E-state index is 0.00503. The second kappa shape index (κ2) is 5.57. The summed E-state index contributed by atoms with van der Waals surface area (Å²) in [6, 6.07) is 7.69. The first-order valence-corrected chi connectivity index (χ1v) is 7.83. The van der Waals surface area contributed by atoms with Gasteiger partial charge in [0.2, 0.25) is 0 Å². The predicted molar refractivity (Wildman–Crippen MR) is 89.2 cm³/mol. The van der Waals surface area contributed by atoms with E-state index in [2.05, 4.69) is 10.2 Å². The molecule has 5 heteroatoms. The van der Waals surface area contributed by atoms with Gasteiger partial charge in [-0.25, -0.2) is 0 Å². The van der Waals surface area contributed by atoms with Gasteiger partial charge >= 0.3 is 0 Å². The van der Waals surface area contributed by atoms with Gasteiger partial charge in [0.1, 0.15) is 11.5 Å². The Hall–Kier alpha value is -2.01. The van der Waals surface area contributed by atoms with Gasteiger partial charge in [0, 0.05) is 24.0 Å². The molecule has 1 aromatic rings. The Morgan fingerprint density at radius 3 is 2.52 bits per heavy atom. The van der Waals surface area contributed by atoms with Crippen LogP contribution in [0.15, 0.2) is 34.5 Å². The molecule has 23 heavy (non-hydrogen) atoms. The first-order chi connectivity index (χ1) is 10.8. The number of carbonyl (C=O) groups excluding carboxylic acids is 1. The second-order valence-electron chi connectivity index (χ2n) is 6.73. The van der Waals surface area contributed by atoms with E-state index in [1.165, 1.54) is 0 Å². The SMILES string of the molecule is COc1ccc([C@@H]2[C@@H]3C(C)=NN=C3C[C@](C)(O)[C@H]2C(C)=O)cc1. The summed E-state index contributed by atoms with van der Waals surface area (Å²) in [6.07, 6.45) is 0.384. The summed E-state index contributed by atoms with van der Waals surface area (Å²) in [6.45, 7) is 5.22. The lowest BCUT2D eigenvalue weighted by Gasteiger charge is -2.45. The molecule has 5 nitrogen and oxygen atoms in total. The lowest BCUT2D eigenvalue weighted by atomic mass is 9.59. The number of rotatable bonds is 3. The van der Waals surface area contributed by atoms with Crippen molar-refractivity contribution in [1.29, 1.82) is 0 Å². The minimum atomic E-state index is -1.12. The molecule has 1 saturated carbocycles. The summed E-state index contributed by atoms with van der Waals surface area (Å²) in [5.41, 5.74) is 1.65. The molecule has 1 aliphatic heterocycles. The molecule has 0 bridgehead atoms. The van der Waals surface area contributed by atoms with E-state index in [-0.39, 0.29) is 17.6 Å². The van der Waals surface area contributed by atoms with Crippen molar-refractivity contribution in [2.75, 3.05) is 7.11 Å². The van der Waals surface area contributed by atoms with Gasteiger partial charge in [0.15, 0.2) is 0 Å². The van der Waals surface area contributed by atoms with Crippen molar-refractivity contribution >= 4 is 17.2 Å². The van der Waals surface area contributed by atoms with Crippen LogP contribution in [0.2, 0.25) is 0 Å². The van der Waals surface area contributed by atoms with Crippen LogP contribution in [0.3, 0.4) is 0 Å². The van der Waals surface area contributed by atoms with E-state index < -0.39 is 11.5 Å². The third-order valence-corrected chi connectivity index (χ3v) is 5.01. The second-order valence-corrected chi connectivity index (χ2v) is 6.73. The van der Waals surface area contributed by atoms with E-state index in [1.54, 1.807) is 21.0 Å². The largest absolute Gasteiger partial charge is 0.497 e. The summed E-state index contributed by atoms with van der Waals surface area (Å²) < 4.78 is 5.22. The number of hydrogen-bond acceptors (Lipinski definition) is 5. The zero-order valence-electron chi connectivity index (χ0n) is 13.9. The minimum Gasteiger partial charge on any atom is -0.497 e. The Balaban J connectivity index is 2.11.